The van der Waals surface area contributed by atoms with Crippen LogP contribution in [0.5, 0.6) is 0 Å². The first-order valence-corrected chi connectivity index (χ1v) is 9.97. The van der Waals surface area contributed by atoms with E-state index in [4.69, 9.17) is 18.0 Å². The van der Waals surface area contributed by atoms with Crippen molar-refractivity contribution in [2.45, 2.75) is 44.4 Å². The summed E-state index contributed by atoms with van der Waals surface area (Å²) in [6, 6.07) is 10.4. The van der Waals surface area contributed by atoms with Crippen LogP contribution >= 0.6 is 11.6 Å². The minimum atomic E-state index is -4.62. The van der Waals surface area contributed by atoms with Crippen LogP contribution in [0.15, 0.2) is 48.7 Å². The molecule has 1 unspecified atom stereocenters. The number of hydrogen-bond donors (Lipinski definition) is 0. The molecule has 0 saturated carbocycles. The lowest BCUT2D eigenvalue weighted by Gasteiger charge is -2.38. The highest BCUT2D eigenvalue weighted by Gasteiger charge is 2.45. The zero-order chi connectivity index (χ0) is 23.9. The summed E-state index contributed by atoms with van der Waals surface area (Å²) in [5.41, 5.74) is -2.24. The molecule has 1 heterocycles. The SMILES string of the molecule is C#CC(CC(F)(F)F)(c1ccc(Cl)cc1)n1ncc2c(N(C(=O)[O-])C(C)(C)C)cccc21. The number of amides is 1. The van der Waals surface area contributed by atoms with Crippen molar-refractivity contribution >= 4 is 34.3 Å². The van der Waals surface area contributed by atoms with Gasteiger partial charge in [0.1, 0.15) is 6.09 Å². The zero-order valence-corrected chi connectivity index (χ0v) is 18.3. The molecular weight excluding hydrogens is 443 g/mol. The number of benzene rings is 2. The zero-order valence-electron chi connectivity index (χ0n) is 17.6. The van der Waals surface area contributed by atoms with Crippen LogP contribution in [0.4, 0.5) is 23.7 Å². The maximum absolute atomic E-state index is 13.7. The largest absolute Gasteiger partial charge is 0.530 e. The van der Waals surface area contributed by atoms with E-state index in [9.17, 15) is 23.1 Å². The number of nitrogens with zero attached hydrogens (tertiary/aromatic N) is 3. The van der Waals surface area contributed by atoms with E-state index in [0.717, 1.165) is 9.58 Å². The molecule has 32 heavy (non-hydrogen) atoms. The Balaban J connectivity index is 2.33. The summed E-state index contributed by atoms with van der Waals surface area (Å²) in [6.45, 7) is 5.03. The first-order chi connectivity index (χ1) is 14.8. The van der Waals surface area contributed by atoms with Crippen LogP contribution < -0.4 is 10.0 Å². The predicted octanol–water partition coefficient (Wildman–Crippen LogP) is 4.97. The second-order valence-electron chi connectivity index (χ2n) is 8.34. The normalized spacial score (nSPS) is 14.1. The third-order valence-corrected chi connectivity index (χ3v) is 5.32. The fourth-order valence-electron chi connectivity index (χ4n) is 3.78. The predicted molar refractivity (Wildman–Crippen MR) is 115 cm³/mol. The number of halogens is 4. The Hall–Kier alpha value is -3.18. The van der Waals surface area contributed by atoms with Gasteiger partial charge in [0.15, 0.2) is 5.54 Å². The van der Waals surface area contributed by atoms with Gasteiger partial charge < -0.3 is 14.8 Å². The molecule has 168 valence electrons. The summed E-state index contributed by atoms with van der Waals surface area (Å²) in [7, 11) is 0. The molecule has 0 spiro atoms. The summed E-state index contributed by atoms with van der Waals surface area (Å²) in [5, 5.41) is 16.8. The minimum absolute atomic E-state index is 0.171. The maximum atomic E-state index is 13.7. The lowest BCUT2D eigenvalue weighted by Crippen LogP contribution is -2.52. The van der Waals surface area contributed by atoms with Gasteiger partial charge in [0.25, 0.3) is 0 Å². The van der Waals surface area contributed by atoms with E-state index in [1.165, 1.54) is 36.5 Å². The van der Waals surface area contributed by atoms with Crippen molar-refractivity contribution in [3.63, 3.8) is 0 Å². The Morgan fingerprint density at radius 2 is 1.81 bits per heavy atom. The average Bonchev–Trinajstić information content (AvgIpc) is 3.10. The van der Waals surface area contributed by atoms with Gasteiger partial charge in [0, 0.05) is 15.9 Å². The molecule has 0 fully saturated rings. The fourth-order valence-corrected chi connectivity index (χ4v) is 3.90. The van der Waals surface area contributed by atoms with E-state index in [-0.39, 0.29) is 16.8 Å². The molecule has 0 aliphatic heterocycles. The van der Waals surface area contributed by atoms with Crippen LogP contribution in [-0.2, 0) is 5.54 Å². The van der Waals surface area contributed by atoms with Crippen LogP contribution in [0.2, 0.25) is 5.02 Å². The molecule has 3 rings (SSSR count). The van der Waals surface area contributed by atoms with Crippen molar-refractivity contribution < 1.29 is 23.1 Å². The Labute approximate surface area is 188 Å². The maximum Gasteiger partial charge on any atom is 0.392 e. The first kappa shape index (κ1) is 23.5. The van der Waals surface area contributed by atoms with Crippen molar-refractivity contribution in [3.05, 3.63) is 59.2 Å². The Morgan fingerprint density at radius 1 is 1.19 bits per heavy atom. The van der Waals surface area contributed by atoms with Crippen molar-refractivity contribution in [2.24, 2.45) is 0 Å². The van der Waals surface area contributed by atoms with Gasteiger partial charge in [-0.15, -0.1) is 6.42 Å². The molecule has 0 N–H and O–H groups in total. The number of carboxylic acid groups (broad SMARTS) is 1. The summed E-state index contributed by atoms with van der Waals surface area (Å²) in [5.74, 6) is 2.30. The molecule has 0 bridgehead atoms. The number of rotatable bonds is 4. The van der Waals surface area contributed by atoms with Crippen molar-refractivity contribution in [1.82, 2.24) is 9.78 Å². The summed E-state index contributed by atoms with van der Waals surface area (Å²) < 4.78 is 42.2. The Bertz CT molecular complexity index is 1190. The molecule has 0 aliphatic rings. The number of anilines is 1. The lowest BCUT2D eigenvalue weighted by atomic mass is 9.86. The van der Waals surface area contributed by atoms with Crippen LogP contribution in [0, 0.1) is 12.3 Å². The molecule has 0 radical (unpaired) electrons. The average molecular weight is 463 g/mol. The van der Waals surface area contributed by atoms with Gasteiger partial charge in [-0.3, -0.25) is 0 Å². The molecular formula is C23H20ClF3N3O2-. The first-order valence-electron chi connectivity index (χ1n) is 9.59. The van der Waals surface area contributed by atoms with Gasteiger partial charge in [-0.2, -0.15) is 18.3 Å². The second-order valence-corrected chi connectivity index (χ2v) is 8.78. The molecule has 0 aliphatic carbocycles. The monoisotopic (exact) mass is 462 g/mol. The smallest absolute Gasteiger partial charge is 0.392 e. The van der Waals surface area contributed by atoms with Crippen molar-refractivity contribution in [2.75, 3.05) is 4.90 Å². The third-order valence-electron chi connectivity index (χ3n) is 5.06. The molecule has 5 nitrogen and oxygen atoms in total. The number of carbonyl (C=O) groups is 1. The molecule has 1 aromatic heterocycles. The highest BCUT2D eigenvalue weighted by atomic mass is 35.5. The van der Waals surface area contributed by atoms with E-state index in [1.54, 1.807) is 32.9 Å². The summed E-state index contributed by atoms with van der Waals surface area (Å²) in [6.07, 6.45) is -0.423. The molecule has 0 saturated heterocycles. The van der Waals surface area contributed by atoms with Crippen LogP contribution in [-0.4, -0.2) is 27.6 Å². The summed E-state index contributed by atoms with van der Waals surface area (Å²) in [4.78, 5) is 12.9. The van der Waals surface area contributed by atoms with Crippen molar-refractivity contribution in [3.8, 4) is 12.3 Å². The Kier molecular flexibility index (Phi) is 5.92. The highest BCUT2D eigenvalue weighted by molar-refractivity contribution is 6.30. The molecule has 2 aromatic carbocycles. The second kappa shape index (κ2) is 8.06. The standard InChI is InChI=1S/C23H21ClF3N3O2/c1-5-22(14-23(25,26)27,15-9-11-16(24)12-10-15)30-19-8-6-7-18(17(19)13-28-30)29(20(31)32)21(2,3)4/h1,6-13H,14H2,2-4H3,(H,31,32)/p-1. The molecule has 1 amide bonds. The van der Waals surface area contributed by atoms with Crippen LogP contribution in [0.1, 0.15) is 32.8 Å². The number of carbonyl (C=O) groups excluding carboxylic acids is 1. The minimum Gasteiger partial charge on any atom is -0.530 e. The fraction of sp³-hybridized carbons (Fsp3) is 0.304. The number of fused-ring (bicyclic) bond motifs is 1. The van der Waals surface area contributed by atoms with Gasteiger partial charge in [-0.05, 0) is 50.6 Å². The number of terminal acetylenes is 1. The van der Waals surface area contributed by atoms with Gasteiger partial charge in [-0.25, -0.2) is 4.68 Å². The van der Waals surface area contributed by atoms with E-state index in [2.05, 4.69) is 11.0 Å². The van der Waals surface area contributed by atoms with E-state index >= 15 is 0 Å². The van der Waals surface area contributed by atoms with E-state index < -0.39 is 29.8 Å². The van der Waals surface area contributed by atoms with Gasteiger partial charge in [-0.1, -0.05) is 35.7 Å². The highest BCUT2D eigenvalue weighted by Crippen LogP contribution is 2.41. The Morgan fingerprint density at radius 3 is 2.31 bits per heavy atom. The quantitative estimate of drug-likeness (QED) is 0.514. The molecule has 9 heteroatoms. The number of aromatic nitrogens is 2. The van der Waals surface area contributed by atoms with Crippen molar-refractivity contribution in [1.29, 1.82) is 0 Å². The van der Waals surface area contributed by atoms with Gasteiger partial charge in [0.2, 0.25) is 0 Å². The molecule has 1 atom stereocenters. The van der Waals surface area contributed by atoms with Crippen LogP contribution in [0.25, 0.3) is 10.9 Å². The van der Waals surface area contributed by atoms with E-state index in [1.807, 2.05) is 0 Å². The lowest BCUT2D eigenvalue weighted by molar-refractivity contribution is -0.247. The van der Waals surface area contributed by atoms with Gasteiger partial charge in [0.05, 0.1) is 23.8 Å². The third kappa shape index (κ3) is 4.26. The van der Waals surface area contributed by atoms with Gasteiger partial charge >= 0.3 is 6.18 Å². The number of hydrogen-bond acceptors (Lipinski definition) is 3. The number of alkyl halides is 3. The molecule has 3 aromatic rings. The van der Waals surface area contributed by atoms with E-state index in [0.29, 0.717) is 10.4 Å². The summed E-state index contributed by atoms with van der Waals surface area (Å²) >= 11 is 5.92. The van der Waals surface area contributed by atoms with Crippen LogP contribution in [0.3, 0.4) is 0 Å². The topological polar surface area (TPSA) is 61.2 Å².